The third kappa shape index (κ3) is 2.86. The minimum atomic E-state index is 0.274. The molecule has 0 radical (unpaired) electrons. The van der Waals surface area contributed by atoms with Crippen LogP contribution >= 0.6 is 15.9 Å². The summed E-state index contributed by atoms with van der Waals surface area (Å²) in [6.07, 6.45) is 0. The monoisotopic (exact) mass is 290 g/mol. The first-order valence-corrected chi connectivity index (χ1v) is 6.39. The maximum atomic E-state index is 5.86. The van der Waals surface area contributed by atoms with Crippen molar-refractivity contribution in [3.05, 3.63) is 40.9 Å². The number of hydrogen-bond acceptors (Lipinski definition) is 1. The predicted molar refractivity (Wildman–Crippen MR) is 77.8 cm³/mol. The van der Waals surface area contributed by atoms with E-state index in [1.165, 1.54) is 10.8 Å². The zero-order valence-electron chi connectivity index (χ0n) is 9.94. The van der Waals surface area contributed by atoms with Crippen molar-refractivity contribution in [3.8, 4) is 0 Å². The van der Waals surface area contributed by atoms with Gasteiger partial charge in [0, 0.05) is 10.4 Å². The molecule has 2 rings (SSSR count). The van der Waals surface area contributed by atoms with Crippen LogP contribution < -0.4 is 5.73 Å². The number of aliphatic imine (C=N–C) groups is 1. The van der Waals surface area contributed by atoms with E-state index in [4.69, 9.17) is 5.73 Å². The summed E-state index contributed by atoms with van der Waals surface area (Å²) in [5.41, 5.74) is 6.77. The van der Waals surface area contributed by atoms with Crippen LogP contribution in [0.15, 0.2) is 45.9 Å². The van der Waals surface area contributed by atoms with Gasteiger partial charge in [0.25, 0.3) is 0 Å². The highest BCUT2D eigenvalue weighted by Gasteiger charge is 2.01. The first-order valence-electron chi connectivity index (χ1n) is 5.59. The quantitative estimate of drug-likeness (QED) is 0.652. The van der Waals surface area contributed by atoms with E-state index in [9.17, 15) is 0 Å². The van der Waals surface area contributed by atoms with Gasteiger partial charge in [0.2, 0.25) is 0 Å². The molecule has 0 unspecified atom stereocenters. The van der Waals surface area contributed by atoms with Crippen LogP contribution in [0.4, 0.5) is 5.69 Å². The lowest BCUT2D eigenvalue weighted by Gasteiger charge is -2.05. The molecule has 2 N–H and O–H groups in total. The molecule has 0 saturated heterocycles. The van der Waals surface area contributed by atoms with E-state index in [0.29, 0.717) is 5.84 Å². The van der Waals surface area contributed by atoms with Crippen molar-refractivity contribution >= 4 is 38.2 Å². The fraction of sp³-hybridized carbons (Fsp3) is 0.214. The van der Waals surface area contributed by atoms with Crippen LogP contribution in [-0.2, 0) is 0 Å². The lowest BCUT2D eigenvalue weighted by Crippen LogP contribution is -2.17. The van der Waals surface area contributed by atoms with Gasteiger partial charge in [-0.3, -0.25) is 0 Å². The summed E-state index contributed by atoms with van der Waals surface area (Å²) >= 11 is 3.46. The Morgan fingerprint density at radius 1 is 1.12 bits per heavy atom. The van der Waals surface area contributed by atoms with Gasteiger partial charge < -0.3 is 5.73 Å². The molecule has 0 spiro atoms. The number of halogens is 1. The molecule has 0 aliphatic carbocycles. The van der Waals surface area contributed by atoms with Gasteiger partial charge in [0.05, 0.1) is 5.69 Å². The normalized spacial score (nSPS) is 12.4. The molecule has 88 valence electrons. The molecule has 0 bridgehead atoms. The molecule has 0 fully saturated rings. The Balaban J connectivity index is 2.45. The minimum Gasteiger partial charge on any atom is -0.387 e. The standard InChI is InChI=1S/C14H15BrN2/c1-9(2)14(16)17-13-6-4-10-7-12(15)5-3-11(10)8-13/h3-9H,1-2H3,(H2,16,17). The first-order chi connectivity index (χ1) is 8.06. The molecule has 0 aliphatic heterocycles. The number of fused-ring (bicyclic) bond motifs is 1. The van der Waals surface area contributed by atoms with Gasteiger partial charge in [0.15, 0.2) is 0 Å². The molecule has 17 heavy (non-hydrogen) atoms. The molecule has 0 aliphatic rings. The highest BCUT2D eigenvalue weighted by atomic mass is 79.9. The van der Waals surface area contributed by atoms with Crippen molar-refractivity contribution in [1.29, 1.82) is 0 Å². The van der Waals surface area contributed by atoms with Crippen LogP contribution in [0.2, 0.25) is 0 Å². The molecule has 0 aromatic heterocycles. The highest BCUT2D eigenvalue weighted by Crippen LogP contribution is 2.24. The SMILES string of the molecule is CC(C)C(N)=Nc1ccc2cc(Br)ccc2c1. The predicted octanol–water partition coefficient (Wildman–Crippen LogP) is 4.25. The van der Waals surface area contributed by atoms with Crippen molar-refractivity contribution in [2.75, 3.05) is 0 Å². The lowest BCUT2D eigenvalue weighted by molar-refractivity contribution is 0.873. The molecule has 0 amide bonds. The van der Waals surface area contributed by atoms with Gasteiger partial charge in [-0.2, -0.15) is 0 Å². The maximum absolute atomic E-state index is 5.86. The van der Waals surface area contributed by atoms with Gasteiger partial charge in [-0.25, -0.2) is 4.99 Å². The Labute approximate surface area is 110 Å². The summed E-state index contributed by atoms with van der Waals surface area (Å²) in [6, 6.07) is 12.3. The summed E-state index contributed by atoms with van der Waals surface area (Å²) in [4.78, 5) is 4.41. The highest BCUT2D eigenvalue weighted by molar-refractivity contribution is 9.10. The fourth-order valence-electron chi connectivity index (χ4n) is 1.55. The molecular formula is C14H15BrN2. The first kappa shape index (κ1) is 12.1. The summed E-state index contributed by atoms with van der Waals surface area (Å²) in [5, 5.41) is 2.37. The van der Waals surface area contributed by atoms with E-state index in [-0.39, 0.29) is 5.92 Å². The zero-order chi connectivity index (χ0) is 12.4. The Morgan fingerprint density at radius 2 is 1.76 bits per heavy atom. The fourth-order valence-corrected chi connectivity index (χ4v) is 1.93. The summed E-state index contributed by atoms with van der Waals surface area (Å²) in [6.45, 7) is 4.08. The Morgan fingerprint density at radius 3 is 2.47 bits per heavy atom. The number of amidine groups is 1. The van der Waals surface area contributed by atoms with Crippen molar-refractivity contribution in [2.45, 2.75) is 13.8 Å². The number of benzene rings is 2. The molecule has 2 aromatic carbocycles. The van der Waals surface area contributed by atoms with Crippen LogP contribution in [0.3, 0.4) is 0 Å². The molecule has 0 atom stereocenters. The third-order valence-corrected chi connectivity index (χ3v) is 3.13. The smallest absolute Gasteiger partial charge is 0.102 e. The van der Waals surface area contributed by atoms with Crippen molar-refractivity contribution in [3.63, 3.8) is 0 Å². The molecule has 0 heterocycles. The van der Waals surface area contributed by atoms with Crippen LogP contribution in [0.1, 0.15) is 13.8 Å². The summed E-state index contributed by atoms with van der Waals surface area (Å²) < 4.78 is 1.09. The second-order valence-electron chi connectivity index (χ2n) is 4.37. The largest absolute Gasteiger partial charge is 0.387 e. The molecule has 0 saturated carbocycles. The molecule has 2 aromatic rings. The number of hydrogen-bond donors (Lipinski definition) is 1. The molecular weight excluding hydrogens is 276 g/mol. The lowest BCUT2D eigenvalue weighted by atomic mass is 10.1. The van der Waals surface area contributed by atoms with Crippen LogP contribution in [0.25, 0.3) is 10.8 Å². The van der Waals surface area contributed by atoms with Gasteiger partial charge in [-0.15, -0.1) is 0 Å². The third-order valence-electron chi connectivity index (χ3n) is 2.64. The van der Waals surface area contributed by atoms with Crippen molar-refractivity contribution in [2.24, 2.45) is 16.6 Å². The Bertz CT molecular complexity index is 573. The number of nitrogens with zero attached hydrogens (tertiary/aromatic N) is 1. The average Bonchev–Trinajstić information content (AvgIpc) is 2.29. The second kappa shape index (κ2) is 4.88. The topological polar surface area (TPSA) is 38.4 Å². The van der Waals surface area contributed by atoms with E-state index in [2.05, 4.69) is 45.2 Å². The Hall–Kier alpha value is -1.35. The maximum Gasteiger partial charge on any atom is 0.102 e. The van der Waals surface area contributed by atoms with Crippen LogP contribution in [0, 0.1) is 5.92 Å². The van der Waals surface area contributed by atoms with E-state index in [1.54, 1.807) is 0 Å². The number of rotatable bonds is 2. The summed E-state index contributed by atoms with van der Waals surface area (Å²) in [5.74, 6) is 0.942. The van der Waals surface area contributed by atoms with Gasteiger partial charge in [0.1, 0.15) is 5.84 Å². The van der Waals surface area contributed by atoms with E-state index < -0.39 is 0 Å². The molecule has 3 heteroatoms. The zero-order valence-corrected chi connectivity index (χ0v) is 11.5. The second-order valence-corrected chi connectivity index (χ2v) is 5.28. The van der Waals surface area contributed by atoms with Gasteiger partial charge in [-0.05, 0) is 35.0 Å². The van der Waals surface area contributed by atoms with E-state index >= 15 is 0 Å². The summed E-state index contributed by atoms with van der Waals surface area (Å²) in [7, 11) is 0. The molecule has 2 nitrogen and oxygen atoms in total. The number of nitrogens with two attached hydrogens (primary N) is 1. The van der Waals surface area contributed by atoms with Crippen LogP contribution in [-0.4, -0.2) is 5.84 Å². The van der Waals surface area contributed by atoms with Crippen molar-refractivity contribution in [1.82, 2.24) is 0 Å². The van der Waals surface area contributed by atoms with E-state index in [0.717, 1.165) is 10.2 Å². The van der Waals surface area contributed by atoms with Crippen molar-refractivity contribution < 1.29 is 0 Å². The van der Waals surface area contributed by atoms with Crippen LogP contribution in [0.5, 0.6) is 0 Å². The van der Waals surface area contributed by atoms with Gasteiger partial charge >= 0.3 is 0 Å². The Kier molecular flexibility index (Phi) is 3.48. The van der Waals surface area contributed by atoms with E-state index in [1.807, 2.05) is 26.0 Å². The minimum absolute atomic E-state index is 0.274. The average molecular weight is 291 g/mol. The van der Waals surface area contributed by atoms with Gasteiger partial charge in [-0.1, -0.05) is 41.9 Å².